The molecule has 1 aliphatic heterocycles. The maximum atomic E-state index is 2.61. The Hall–Kier alpha value is -0.0400. The molecular weight excluding hydrogens is 194 g/mol. The van der Waals surface area contributed by atoms with E-state index in [0.717, 1.165) is 5.92 Å². The Balaban J connectivity index is 2.42. The van der Waals surface area contributed by atoms with Crippen molar-refractivity contribution in [1.29, 1.82) is 0 Å². The maximum absolute atomic E-state index is 2.61. The summed E-state index contributed by atoms with van der Waals surface area (Å²) >= 11 is 0. The van der Waals surface area contributed by atoms with Crippen LogP contribution in [0.15, 0.2) is 0 Å². The molecule has 1 heterocycles. The molecule has 1 heteroatoms. The van der Waals surface area contributed by atoms with Gasteiger partial charge in [0.05, 0.1) is 0 Å². The minimum absolute atomic E-state index is 0.320. The second-order valence-corrected chi connectivity index (χ2v) is 8.09. The lowest BCUT2D eigenvalue weighted by molar-refractivity contribution is 0.0310. The monoisotopic (exact) mass is 223 g/mol. The number of hydrogen-bond donors (Lipinski definition) is 0. The molecule has 0 aromatic rings. The Morgan fingerprint density at radius 2 is 1.12 bits per heavy atom. The molecule has 1 nitrogen and oxygen atoms in total. The molecule has 0 amide bonds. The lowest BCUT2D eigenvalue weighted by Gasteiger charge is -2.46. The average Bonchev–Trinajstić information content (AvgIpc) is 2.48. The zero-order chi connectivity index (χ0) is 12.6. The molecule has 2 atom stereocenters. The molecule has 16 heavy (non-hydrogen) atoms. The molecule has 1 saturated heterocycles. The normalized spacial score (nSPS) is 50.6. The van der Waals surface area contributed by atoms with Crippen molar-refractivity contribution in [3.05, 3.63) is 0 Å². The van der Waals surface area contributed by atoms with Gasteiger partial charge in [0.2, 0.25) is 0 Å². The Morgan fingerprint density at radius 3 is 1.44 bits per heavy atom. The van der Waals surface area contributed by atoms with Gasteiger partial charge in [-0.2, -0.15) is 0 Å². The van der Waals surface area contributed by atoms with Crippen LogP contribution in [0.25, 0.3) is 0 Å². The highest BCUT2D eigenvalue weighted by Crippen LogP contribution is 2.76. The van der Waals surface area contributed by atoms with Gasteiger partial charge in [-0.15, -0.1) is 0 Å². The van der Waals surface area contributed by atoms with Gasteiger partial charge in [-0.1, -0.05) is 20.8 Å². The van der Waals surface area contributed by atoms with E-state index in [1.807, 2.05) is 0 Å². The van der Waals surface area contributed by atoms with Crippen LogP contribution in [0.3, 0.4) is 0 Å². The first kappa shape index (κ1) is 12.4. The summed E-state index contributed by atoms with van der Waals surface area (Å²) in [4.78, 5) is 2.61. The molecule has 1 saturated carbocycles. The van der Waals surface area contributed by atoms with E-state index in [-0.39, 0.29) is 0 Å². The number of hydrogen-bond acceptors (Lipinski definition) is 1. The number of fused-ring (bicyclic) bond motifs is 1. The number of nitrogens with zero attached hydrogens (tertiary/aromatic N) is 1. The fourth-order valence-electron chi connectivity index (χ4n) is 4.81. The molecule has 0 N–H and O–H groups in total. The van der Waals surface area contributed by atoms with E-state index in [1.165, 1.54) is 12.8 Å². The predicted molar refractivity (Wildman–Crippen MR) is 70.5 cm³/mol. The molecule has 0 spiro atoms. The second-order valence-electron chi connectivity index (χ2n) is 8.09. The summed E-state index contributed by atoms with van der Waals surface area (Å²) in [5.74, 6) is 0.882. The molecule has 0 bridgehead atoms. The molecule has 2 rings (SSSR count). The van der Waals surface area contributed by atoms with Crippen molar-refractivity contribution in [1.82, 2.24) is 4.90 Å². The predicted octanol–water partition coefficient (Wildman–Crippen LogP) is 3.93. The number of rotatable bonds is 0. The van der Waals surface area contributed by atoms with Crippen molar-refractivity contribution in [2.24, 2.45) is 16.7 Å². The fourth-order valence-corrected chi connectivity index (χ4v) is 4.81. The Morgan fingerprint density at radius 1 is 0.812 bits per heavy atom. The SMILES string of the molecule is CC1C2(C)CC(C)(C)N(C)C(C)(C)CC12C. The lowest BCUT2D eigenvalue weighted by atomic mass is 9.83. The van der Waals surface area contributed by atoms with Gasteiger partial charge >= 0.3 is 0 Å². The van der Waals surface area contributed by atoms with E-state index in [4.69, 9.17) is 0 Å². The highest BCUT2D eigenvalue weighted by atomic mass is 15.2. The molecule has 0 radical (unpaired) electrons. The van der Waals surface area contributed by atoms with Gasteiger partial charge in [0.15, 0.2) is 0 Å². The van der Waals surface area contributed by atoms with Crippen LogP contribution in [0.1, 0.15) is 61.3 Å². The van der Waals surface area contributed by atoms with E-state index in [2.05, 4.69) is 60.4 Å². The molecule has 2 fully saturated rings. The van der Waals surface area contributed by atoms with Gasteiger partial charge in [0.25, 0.3) is 0 Å². The standard InChI is InChI=1S/C15H29N/c1-11-14(6)9-12(2,3)16(8)13(4,5)10-15(11,14)7/h11H,9-10H2,1-8H3. The highest BCUT2D eigenvalue weighted by Gasteiger charge is 2.71. The molecule has 2 aliphatic rings. The van der Waals surface area contributed by atoms with Crippen LogP contribution in [0.5, 0.6) is 0 Å². The zero-order valence-corrected chi connectivity index (χ0v) is 12.4. The summed E-state index contributed by atoms with van der Waals surface area (Å²) in [5, 5.41) is 0. The van der Waals surface area contributed by atoms with Crippen molar-refractivity contribution in [3.63, 3.8) is 0 Å². The first-order chi connectivity index (χ1) is 6.97. The molecular formula is C15H29N. The summed E-state index contributed by atoms with van der Waals surface area (Å²) in [6.45, 7) is 17.1. The van der Waals surface area contributed by atoms with E-state index in [9.17, 15) is 0 Å². The topological polar surface area (TPSA) is 3.24 Å². The fraction of sp³-hybridized carbons (Fsp3) is 1.00. The lowest BCUT2D eigenvalue weighted by Crippen LogP contribution is -2.53. The van der Waals surface area contributed by atoms with E-state index in [0.29, 0.717) is 21.9 Å². The van der Waals surface area contributed by atoms with E-state index in [1.54, 1.807) is 0 Å². The van der Waals surface area contributed by atoms with Gasteiger partial charge in [-0.3, -0.25) is 4.90 Å². The summed E-state index contributed by atoms with van der Waals surface area (Å²) < 4.78 is 0. The van der Waals surface area contributed by atoms with Gasteiger partial charge in [-0.05, 0) is 64.3 Å². The van der Waals surface area contributed by atoms with Crippen molar-refractivity contribution in [2.45, 2.75) is 72.4 Å². The van der Waals surface area contributed by atoms with Crippen LogP contribution in [-0.2, 0) is 0 Å². The molecule has 1 aliphatic carbocycles. The quantitative estimate of drug-likeness (QED) is 0.601. The van der Waals surface area contributed by atoms with Crippen LogP contribution < -0.4 is 0 Å². The Bertz CT molecular complexity index is 287. The third-order valence-corrected chi connectivity index (χ3v) is 6.55. The van der Waals surface area contributed by atoms with Crippen LogP contribution >= 0.6 is 0 Å². The molecule has 2 unspecified atom stereocenters. The van der Waals surface area contributed by atoms with Crippen LogP contribution in [0.4, 0.5) is 0 Å². The molecule has 94 valence electrons. The minimum Gasteiger partial charge on any atom is -0.296 e. The number of likely N-dealkylation sites (tertiary alicyclic amines) is 1. The first-order valence-electron chi connectivity index (χ1n) is 6.71. The third kappa shape index (κ3) is 1.27. The third-order valence-electron chi connectivity index (χ3n) is 6.55. The van der Waals surface area contributed by atoms with Crippen molar-refractivity contribution >= 4 is 0 Å². The van der Waals surface area contributed by atoms with Gasteiger partial charge < -0.3 is 0 Å². The van der Waals surface area contributed by atoms with E-state index >= 15 is 0 Å². The van der Waals surface area contributed by atoms with Crippen LogP contribution in [-0.4, -0.2) is 23.0 Å². The van der Waals surface area contributed by atoms with Gasteiger partial charge in [-0.25, -0.2) is 0 Å². The van der Waals surface area contributed by atoms with Crippen molar-refractivity contribution in [3.8, 4) is 0 Å². The van der Waals surface area contributed by atoms with Crippen LogP contribution in [0.2, 0.25) is 0 Å². The zero-order valence-electron chi connectivity index (χ0n) is 12.4. The minimum atomic E-state index is 0.320. The Labute approximate surface area is 102 Å². The van der Waals surface area contributed by atoms with Gasteiger partial charge in [0.1, 0.15) is 0 Å². The maximum Gasteiger partial charge on any atom is 0.0161 e. The van der Waals surface area contributed by atoms with Crippen LogP contribution in [0, 0.1) is 16.7 Å². The second kappa shape index (κ2) is 2.85. The van der Waals surface area contributed by atoms with Crippen molar-refractivity contribution in [2.75, 3.05) is 7.05 Å². The molecule has 0 aromatic carbocycles. The molecule has 0 aromatic heterocycles. The van der Waals surface area contributed by atoms with Crippen molar-refractivity contribution < 1.29 is 0 Å². The van der Waals surface area contributed by atoms with Gasteiger partial charge in [0, 0.05) is 11.1 Å². The average molecular weight is 223 g/mol. The first-order valence-corrected chi connectivity index (χ1v) is 6.71. The summed E-state index contributed by atoms with van der Waals surface area (Å²) in [7, 11) is 2.31. The summed E-state index contributed by atoms with van der Waals surface area (Å²) in [5.41, 5.74) is 1.75. The van der Waals surface area contributed by atoms with E-state index < -0.39 is 0 Å². The largest absolute Gasteiger partial charge is 0.296 e. The summed E-state index contributed by atoms with van der Waals surface area (Å²) in [6, 6.07) is 0. The Kier molecular flexibility index (Phi) is 2.22. The highest BCUT2D eigenvalue weighted by molar-refractivity contribution is 5.21. The summed E-state index contributed by atoms with van der Waals surface area (Å²) in [6.07, 6.45) is 2.66. The smallest absolute Gasteiger partial charge is 0.0161 e.